The van der Waals surface area contributed by atoms with Gasteiger partial charge in [0.25, 0.3) is 0 Å². The van der Waals surface area contributed by atoms with Gasteiger partial charge in [0.1, 0.15) is 0 Å². The molecule has 2 N–H and O–H groups in total. The maximum Gasteiger partial charge on any atom is 0.206 e. The van der Waals surface area contributed by atoms with Gasteiger partial charge in [0.15, 0.2) is 0 Å². The van der Waals surface area contributed by atoms with Crippen LogP contribution < -0.4 is 10.6 Å². The molecule has 2 heterocycles. The van der Waals surface area contributed by atoms with E-state index in [0.29, 0.717) is 16.6 Å². The van der Waals surface area contributed by atoms with Crippen molar-refractivity contribution in [3.8, 4) is 0 Å². The van der Waals surface area contributed by atoms with Crippen molar-refractivity contribution < 1.29 is 0 Å². The topological polar surface area (TPSA) is 47.1 Å². The molecule has 25 heavy (non-hydrogen) atoms. The second-order valence-corrected chi connectivity index (χ2v) is 7.35. The highest BCUT2D eigenvalue weighted by Crippen LogP contribution is 2.30. The summed E-state index contributed by atoms with van der Waals surface area (Å²) < 4.78 is 2.19. The molecule has 4 nitrogen and oxygen atoms in total. The second-order valence-electron chi connectivity index (χ2n) is 6.54. The highest BCUT2D eigenvalue weighted by atomic mass is 35.5. The fourth-order valence-electron chi connectivity index (χ4n) is 3.49. The van der Waals surface area contributed by atoms with Crippen molar-refractivity contribution >= 4 is 40.2 Å². The average Bonchev–Trinajstić information content (AvgIpc) is 2.97. The molecule has 1 aliphatic rings. The van der Waals surface area contributed by atoms with Crippen molar-refractivity contribution in [3.05, 3.63) is 58.1 Å². The summed E-state index contributed by atoms with van der Waals surface area (Å²) in [4.78, 5) is 7.15. The van der Waals surface area contributed by atoms with Crippen LogP contribution in [0.4, 0.5) is 5.95 Å². The number of nitrogens with zero attached hydrogens (tertiary/aromatic N) is 3. The fraction of sp³-hybridized carbons (Fsp3) is 0.316. The lowest BCUT2D eigenvalue weighted by Crippen LogP contribution is -2.44. The number of hydrogen-bond acceptors (Lipinski definition) is 3. The first-order valence-corrected chi connectivity index (χ1v) is 9.28. The van der Waals surface area contributed by atoms with Gasteiger partial charge in [0.05, 0.1) is 17.6 Å². The number of halogens is 2. The molecule has 130 valence electrons. The van der Waals surface area contributed by atoms with Crippen LogP contribution >= 0.6 is 23.2 Å². The summed E-state index contributed by atoms with van der Waals surface area (Å²) in [5.74, 6) is 0.937. The minimum Gasteiger partial charge on any atom is -0.341 e. The van der Waals surface area contributed by atoms with Gasteiger partial charge in [-0.05, 0) is 37.1 Å². The van der Waals surface area contributed by atoms with Gasteiger partial charge in [-0.3, -0.25) is 0 Å². The van der Waals surface area contributed by atoms with E-state index in [9.17, 15) is 0 Å². The lowest BCUT2D eigenvalue weighted by atomic mass is 10.1. The molecule has 1 atom stereocenters. The van der Waals surface area contributed by atoms with E-state index in [2.05, 4.69) is 15.5 Å². The monoisotopic (exact) mass is 374 g/mol. The van der Waals surface area contributed by atoms with Gasteiger partial charge in [-0.1, -0.05) is 41.4 Å². The lowest BCUT2D eigenvalue weighted by molar-refractivity contribution is 0.495. The van der Waals surface area contributed by atoms with Crippen LogP contribution in [-0.2, 0) is 6.54 Å². The molecular formula is C19H20Cl2N4. The molecule has 1 fully saturated rings. The Hall–Kier alpha value is -1.75. The van der Waals surface area contributed by atoms with E-state index < -0.39 is 0 Å². The third kappa shape index (κ3) is 3.22. The molecule has 1 aliphatic heterocycles. The summed E-state index contributed by atoms with van der Waals surface area (Å²) in [6.45, 7) is 2.37. The van der Waals surface area contributed by atoms with Crippen LogP contribution in [0.1, 0.15) is 18.4 Å². The van der Waals surface area contributed by atoms with Crippen LogP contribution in [0.5, 0.6) is 0 Å². The predicted octanol–water partition coefficient (Wildman–Crippen LogP) is 4.32. The summed E-state index contributed by atoms with van der Waals surface area (Å²) in [7, 11) is 0. The fourth-order valence-corrected chi connectivity index (χ4v) is 4.01. The molecule has 0 amide bonds. The quantitative estimate of drug-likeness (QED) is 0.742. The molecule has 3 aromatic rings. The Morgan fingerprint density at radius 1 is 1.08 bits per heavy atom. The minimum atomic E-state index is 0.186. The summed E-state index contributed by atoms with van der Waals surface area (Å²) >= 11 is 12.8. The van der Waals surface area contributed by atoms with Crippen LogP contribution in [0.2, 0.25) is 10.0 Å². The molecule has 2 aromatic carbocycles. The van der Waals surface area contributed by atoms with E-state index in [1.54, 1.807) is 0 Å². The first-order chi connectivity index (χ1) is 12.1. The van der Waals surface area contributed by atoms with Crippen LogP contribution in [0.3, 0.4) is 0 Å². The van der Waals surface area contributed by atoms with Gasteiger partial charge in [0, 0.05) is 34.7 Å². The Bertz CT molecular complexity index is 885. The van der Waals surface area contributed by atoms with Crippen LogP contribution in [0.25, 0.3) is 11.0 Å². The molecule has 0 aliphatic carbocycles. The number of para-hydroxylation sites is 2. The number of anilines is 1. The Kier molecular flexibility index (Phi) is 4.59. The number of piperidine rings is 1. The normalized spacial score (nSPS) is 18.0. The molecule has 1 unspecified atom stereocenters. The number of imidazole rings is 1. The smallest absolute Gasteiger partial charge is 0.206 e. The summed E-state index contributed by atoms with van der Waals surface area (Å²) in [5.41, 5.74) is 9.15. The number of fused-ring (bicyclic) bond motifs is 1. The van der Waals surface area contributed by atoms with Crippen molar-refractivity contribution in [1.82, 2.24) is 9.55 Å². The van der Waals surface area contributed by atoms with Gasteiger partial charge >= 0.3 is 0 Å². The maximum absolute atomic E-state index is 6.41. The number of nitrogens with two attached hydrogens (primary N) is 1. The van der Waals surface area contributed by atoms with E-state index in [-0.39, 0.29) is 6.04 Å². The largest absolute Gasteiger partial charge is 0.341 e. The van der Waals surface area contributed by atoms with Crippen molar-refractivity contribution in [3.63, 3.8) is 0 Å². The average molecular weight is 375 g/mol. The van der Waals surface area contributed by atoms with Gasteiger partial charge in [-0.25, -0.2) is 4.98 Å². The Morgan fingerprint density at radius 3 is 2.60 bits per heavy atom. The van der Waals surface area contributed by atoms with Gasteiger partial charge < -0.3 is 15.2 Å². The molecule has 0 saturated carbocycles. The Balaban J connectivity index is 1.82. The highest BCUT2D eigenvalue weighted by Gasteiger charge is 2.23. The predicted molar refractivity (Wildman–Crippen MR) is 105 cm³/mol. The van der Waals surface area contributed by atoms with Crippen molar-refractivity contribution in [2.45, 2.75) is 25.4 Å². The van der Waals surface area contributed by atoms with E-state index >= 15 is 0 Å². The molecule has 6 heteroatoms. The minimum absolute atomic E-state index is 0.186. The molecule has 0 bridgehead atoms. The molecule has 1 saturated heterocycles. The first kappa shape index (κ1) is 16.7. The van der Waals surface area contributed by atoms with E-state index in [1.807, 2.05) is 36.4 Å². The SMILES string of the molecule is NC1CCCN(c2nc3ccccc3n2Cc2c(Cl)cccc2Cl)C1. The number of rotatable bonds is 3. The molecule has 0 radical (unpaired) electrons. The molecule has 1 aromatic heterocycles. The maximum atomic E-state index is 6.41. The zero-order chi connectivity index (χ0) is 17.4. The van der Waals surface area contributed by atoms with E-state index in [1.165, 1.54) is 0 Å². The van der Waals surface area contributed by atoms with Crippen molar-refractivity contribution in [2.24, 2.45) is 5.73 Å². The number of hydrogen-bond donors (Lipinski definition) is 1. The molecular weight excluding hydrogens is 355 g/mol. The van der Waals surface area contributed by atoms with Crippen LogP contribution in [-0.4, -0.2) is 28.7 Å². The van der Waals surface area contributed by atoms with E-state index in [0.717, 1.165) is 48.5 Å². The number of benzene rings is 2. The zero-order valence-electron chi connectivity index (χ0n) is 13.8. The van der Waals surface area contributed by atoms with Gasteiger partial charge in [-0.15, -0.1) is 0 Å². The van der Waals surface area contributed by atoms with Gasteiger partial charge in [-0.2, -0.15) is 0 Å². The summed E-state index contributed by atoms with van der Waals surface area (Å²) in [5, 5.41) is 1.35. The Labute approximate surface area is 157 Å². The van der Waals surface area contributed by atoms with Crippen molar-refractivity contribution in [2.75, 3.05) is 18.0 Å². The lowest BCUT2D eigenvalue weighted by Gasteiger charge is -2.32. The highest BCUT2D eigenvalue weighted by molar-refractivity contribution is 6.36. The van der Waals surface area contributed by atoms with E-state index in [4.69, 9.17) is 33.9 Å². The first-order valence-electron chi connectivity index (χ1n) is 8.52. The molecule has 4 rings (SSSR count). The van der Waals surface area contributed by atoms with Crippen LogP contribution in [0, 0.1) is 0 Å². The third-order valence-electron chi connectivity index (χ3n) is 4.75. The Morgan fingerprint density at radius 2 is 1.84 bits per heavy atom. The van der Waals surface area contributed by atoms with Gasteiger partial charge in [0.2, 0.25) is 5.95 Å². The van der Waals surface area contributed by atoms with Crippen LogP contribution in [0.15, 0.2) is 42.5 Å². The summed E-state index contributed by atoms with van der Waals surface area (Å²) in [6.07, 6.45) is 2.14. The van der Waals surface area contributed by atoms with Crippen molar-refractivity contribution in [1.29, 1.82) is 0 Å². The standard InChI is InChI=1S/C19H20Cl2N4/c20-15-6-3-7-16(21)14(15)12-25-18-9-2-1-8-17(18)23-19(25)24-10-4-5-13(22)11-24/h1-3,6-9,13H,4-5,10-12,22H2. The number of aromatic nitrogens is 2. The zero-order valence-corrected chi connectivity index (χ0v) is 15.3. The second kappa shape index (κ2) is 6.87. The summed E-state index contributed by atoms with van der Waals surface area (Å²) in [6, 6.07) is 14.0. The molecule has 0 spiro atoms. The third-order valence-corrected chi connectivity index (χ3v) is 5.46.